The molecule has 0 spiro atoms. The summed E-state index contributed by atoms with van der Waals surface area (Å²) in [5.41, 5.74) is -0.106. The molecule has 116 valence electrons. The standard InChI is InChI=1S/C14H14FN3O4/c15-10-1-4-13(5-2-10)22-9-12(19)8-17-14-6-3-11(7-16-14)18(20)21/h1-7,12,19H,8-9H2,(H,16,17). The number of aliphatic hydroxyl groups is 1. The van der Waals surface area contributed by atoms with Crippen LogP contribution >= 0.6 is 0 Å². The highest BCUT2D eigenvalue weighted by atomic mass is 19.1. The van der Waals surface area contributed by atoms with Gasteiger partial charge in [-0.05, 0) is 30.3 Å². The highest BCUT2D eigenvalue weighted by Crippen LogP contribution is 2.13. The molecule has 8 heteroatoms. The van der Waals surface area contributed by atoms with Crippen LogP contribution in [0, 0.1) is 15.9 Å². The first-order valence-electron chi connectivity index (χ1n) is 6.45. The van der Waals surface area contributed by atoms with Crippen molar-refractivity contribution in [1.82, 2.24) is 4.98 Å². The minimum absolute atomic E-state index is 0.0195. The van der Waals surface area contributed by atoms with E-state index >= 15 is 0 Å². The number of hydrogen-bond acceptors (Lipinski definition) is 6. The van der Waals surface area contributed by atoms with Crippen molar-refractivity contribution in [2.45, 2.75) is 6.10 Å². The average Bonchev–Trinajstić information content (AvgIpc) is 2.52. The molecule has 7 nitrogen and oxygen atoms in total. The molecule has 2 N–H and O–H groups in total. The molecule has 2 rings (SSSR count). The van der Waals surface area contributed by atoms with Crippen molar-refractivity contribution in [1.29, 1.82) is 0 Å². The van der Waals surface area contributed by atoms with Crippen molar-refractivity contribution in [3.63, 3.8) is 0 Å². The van der Waals surface area contributed by atoms with Crippen LogP contribution in [-0.2, 0) is 0 Å². The van der Waals surface area contributed by atoms with Crippen LogP contribution in [0.2, 0.25) is 0 Å². The normalized spacial score (nSPS) is 11.7. The van der Waals surface area contributed by atoms with Gasteiger partial charge in [0.1, 0.15) is 36.3 Å². The van der Waals surface area contributed by atoms with E-state index in [9.17, 15) is 19.6 Å². The van der Waals surface area contributed by atoms with E-state index in [0.717, 1.165) is 6.20 Å². The summed E-state index contributed by atoms with van der Waals surface area (Å²) in [7, 11) is 0. The number of benzene rings is 1. The first kappa shape index (κ1) is 15.6. The quantitative estimate of drug-likeness (QED) is 0.599. The molecule has 0 bridgehead atoms. The van der Waals surface area contributed by atoms with Crippen LogP contribution in [0.25, 0.3) is 0 Å². The van der Waals surface area contributed by atoms with Crippen LogP contribution < -0.4 is 10.1 Å². The van der Waals surface area contributed by atoms with Crippen LogP contribution in [0.3, 0.4) is 0 Å². The zero-order chi connectivity index (χ0) is 15.9. The fraction of sp³-hybridized carbons (Fsp3) is 0.214. The number of nitrogens with one attached hydrogen (secondary N) is 1. The third kappa shape index (κ3) is 4.67. The second-order valence-electron chi connectivity index (χ2n) is 4.46. The molecule has 0 radical (unpaired) electrons. The van der Waals surface area contributed by atoms with Gasteiger partial charge in [-0.25, -0.2) is 9.37 Å². The maximum atomic E-state index is 12.7. The van der Waals surface area contributed by atoms with Gasteiger partial charge >= 0.3 is 0 Å². The molecule has 2 aromatic rings. The molecule has 0 amide bonds. The van der Waals surface area contributed by atoms with E-state index in [-0.39, 0.29) is 24.7 Å². The van der Waals surface area contributed by atoms with Crippen LogP contribution in [0.15, 0.2) is 42.6 Å². The maximum Gasteiger partial charge on any atom is 0.287 e. The summed E-state index contributed by atoms with van der Waals surface area (Å²) in [5.74, 6) is 0.499. The van der Waals surface area contributed by atoms with Gasteiger partial charge < -0.3 is 15.2 Å². The minimum Gasteiger partial charge on any atom is -0.491 e. The lowest BCUT2D eigenvalue weighted by atomic mass is 10.3. The summed E-state index contributed by atoms with van der Waals surface area (Å²) in [4.78, 5) is 13.8. The van der Waals surface area contributed by atoms with Crippen LogP contribution in [0.5, 0.6) is 5.75 Å². The highest BCUT2D eigenvalue weighted by molar-refractivity contribution is 5.40. The molecule has 1 aromatic carbocycles. The predicted molar refractivity (Wildman–Crippen MR) is 77.3 cm³/mol. The molecule has 0 aliphatic rings. The lowest BCUT2D eigenvalue weighted by Gasteiger charge is -2.13. The van der Waals surface area contributed by atoms with E-state index in [1.807, 2.05) is 0 Å². The monoisotopic (exact) mass is 307 g/mol. The van der Waals surface area contributed by atoms with Gasteiger partial charge in [0.25, 0.3) is 5.69 Å². The molecule has 0 fully saturated rings. The van der Waals surface area contributed by atoms with Gasteiger partial charge in [-0.2, -0.15) is 0 Å². The molecular formula is C14H14FN3O4. The Balaban J connectivity index is 1.76. The van der Waals surface area contributed by atoms with Crippen molar-refractivity contribution < 1.29 is 19.2 Å². The Morgan fingerprint density at radius 1 is 1.32 bits per heavy atom. The molecule has 1 atom stereocenters. The number of pyridine rings is 1. The number of hydrogen-bond donors (Lipinski definition) is 2. The number of aliphatic hydroxyl groups excluding tert-OH is 1. The number of halogens is 1. The second-order valence-corrected chi connectivity index (χ2v) is 4.46. The topological polar surface area (TPSA) is 97.5 Å². The average molecular weight is 307 g/mol. The number of nitro groups is 1. The Kier molecular flexibility index (Phi) is 5.21. The maximum absolute atomic E-state index is 12.7. The molecule has 1 unspecified atom stereocenters. The summed E-state index contributed by atoms with van der Waals surface area (Å²) in [6, 6.07) is 8.23. The first-order chi connectivity index (χ1) is 10.5. The third-order valence-corrected chi connectivity index (χ3v) is 2.73. The molecule has 0 aliphatic heterocycles. The minimum atomic E-state index is -0.818. The molecule has 1 aromatic heterocycles. The van der Waals surface area contributed by atoms with Gasteiger partial charge in [0.05, 0.1) is 4.92 Å². The summed E-state index contributed by atoms with van der Waals surface area (Å²) >= 11 is 0. The molecule has 0 saturated carbocycles. The van der Waals surface area contributed by atoms with Gasteiger partial charge in [0, 0.05) is 12.6 Å². The predicted octanol–water partition coefficient (Wildman–Crippen LogP) is 1.98. The summed E-state index contributed by atoms with van der Waals surface area (Å²) in [6.45, 7) is 0.178. The fourth-order valence-corrected chi connectivity index (χ4v) is 1.60. The van der Waals surface area contributed by atoms with Gasteiger partial charge in [0.2, 0.25) is 0 Å². The zero-order valence-corrected chi connectivity index (χ0v) is 11.5. The van der Waals surface area contributed by atoms with Crippen molar-refractivity contribution in [2.75, 3.05) is 18.5 Å². The van der Waals surface area contributed by atoms with Gasteiger partial charge in [0.15, 0.2) is 0 Å². The lowest BCUT2D eigenvalue weighted by molar-refractivity contribution is -0.385. The van der Waals surface area contributed by atoms with Crippen LogP contribution in [0.1, 0.15) is 0 Å². The Labute approximate surface area is 125 Å². The smallest absolute Gasteiger partial charge is 0.287 e. The number of rotatable bonds is 7. The Morgan fingerprint density at radius 2 is 2.05 bits per heavy atom. The van der Waals surface area contributed by atoms with Crippen molar-refractivity contribution >= 4 is 11.5 Å². The molecule has 0 aliphatic carbocycles. The number of nitrogens with zero attached hydrogens (tertiary/aromatic N) is 2. The van der Waals surface area contributed by atoms with E-state index in [1.54, 1.807) is 0 Å². The largest absolute Gasteiger partial charge is 0.491 e. The number of anilines is 1. The van der Waals surface area contributed by atoms with E-state index in [4.69, 9.17) is 4.74 Å². The Morgan fingerprint density at radius 3 is 2.64 bits per heavy atom. The molecule has 22 heavy (non-hydrogen) atoms. The van der Waals surface area contributed by atoms with E-state index < -0.39 is 11.0 Å². The van der Waals surface area contributed by atoms with E-state index in [2.05, 4.69) is 10.3 Å². The zero-order valence-electron chi connectivity index (χ0n) is 11.5. The van der Waals surface area contributed by atoms with Crippen molar-refractivity contribution in [3.05, 3.63) is 58.5 Å². The van der Waals surface area contributed by atoms with Gasteiger partial charge in [-0.15, -0.1) is 0 Å². The summed E-state index contributed by atoms with van der Waals surface area (Å²) < 4.78 is 18.0. The lowest BCUT2D eigenvalue weighted by Crippen LogP contribution is -2.26. The number of aromatic nitrogens is 1. The van der Waals surface area contributed by atoms with Gasteiger partial charge in [-0.1, -0.05) is 0 Å². The summed E-state index contributed by atoms with van der Waals surface area (Å²) in [6.07, 6.45) is 0.311. The second kappa shape index (κ2) is 7.32. The fourth-order valence-electron chi connectivity index (χ4n) is 1.60. The van der Waals surface area contributed by atoms with Crippen molar-refractivity contribution in [3.8, 4) is 5.75 Å². The van der Waals surface area contributed by atoms with E-state index in [1.165, 1.54) is 36.4 Å². The van der Waals surface area contributed by atoms with Crippen LogP contribution in [0.4, 0.5) is 15.9 Å². The van der Waals surface area contributed by atoms with Gasteiger partial charge in [-0.3, -0.25) is 10.1 Å². The number of ether oxygens (including phenoxy) is 1. The van der Waals surface area contributed by atoms with E-state index in [0.29, 0.717) is 11.6 Å². The Bertz CT molecular complexity index is 619. The third-order valence-electron chi connectivity index (χ3n) is 2.73. The molecule has 0 saturated heterocycles. The molecular weight excluding hydrogens is 293 g/mol. The Hall–Kier alpha value is -2.74. The summed E-state index contributed by atoms with van der Waals surface area (Å²) in [5, 5.41) is 23.1. The SMILES string of the molecule is O=[N+]([O-])c1ccc(NCC(O)COc2ccc(F)cc2)nc1. The van der Waals surface area contributed by atoms with Crippen LogP contribution in [-0.4, -0.2) is 34.3 Å². The molecule has 1 heterocycles. The first-order valence-corrected chi connectivity index (χ1v) is 6.45. The highest BCUT2D eigenvalue weighted by Gasteiger charge is 2.08. The van der Waals surface area contributed by atoms with Crippen molar-refractivity contribution in [2.24, 2.45) is 0 Å².